The fourth-order valence-electron chi connectivity index (χ4n) is 2.36. The first-order valence-corrected chi connectivity index (χ1v) is 10.1. The van der Waals surface area contributed by atoms with Gasteiger partial charge in [-0.3, -0.25) is 4.79 Å². The van der Waals surface area contributed by atoms with Crippen LogP contribution in [0.1, 0.15) is 17.7 Å². The summed E-state index contributed by atoms with van der Waals surface area (Å²) >= 11 is 2.83. The van der Waals surface area contributed by atoms with Gasteiger partial charge in [-0.15, -0.1) is 10.2 Å². The summed E-state index contributed by atoms with van der Waals surface area (Å²) in [5.41, 5.74) is 1.63. The molecule has 0 bridgehead atoms. The van der Waals surface area contributed by atoms with E-state index in [1.165, 1.54) is 23.1 Å². The van der Waals surface area contributed by atoms with Crippen LogP contribution >= 0.6 is 23.1 Å². The standard InChI is InChI=1S/C19H20N4O2S2/c1-3-20-18-22-23-19(27-18)26-16(13-7-5-4-6-8-13)17(24)21-14-9-11-15(25-2)12-10-14/h4-12,16H,3H2,1-2H3,(H,20,22)(H,21,24). The summed E-state index contributed by atoms with van der Waals surface area (Å²) in [6.45, 7) is 2.78. The molecule has 0 radical (unpaired) electrons. The number of methoxy groups -OCH3 is 1. The van der Waals surface area contributed by atoms with Gasteiger partial charge in [-0.05, 0) is 36.8 Å². The number of hydrogen-bond donors (Lipinski definition) is 2. The number of anilines is 2. The molecule has 2 N–H and O–H groups in total. The molecule has 1 atom stereocenters. The van der Waals surface area contributed by atoms with Crippen LogP contribution in [0.5, 0.6) is 5.75 Å². The molecule has 1 amide bonds. The molecule has 6 nitrogen and oxygen atoms in total. The van der Waals surface area contributed by atoms with Crippen LogP contribution < -0.4 is 15.4 Å². The Labute approximate surface area is 166 Å². The van der Waals surface area contributed by atoms with Crippen LogP contribution in [-0.2, 0) is 4.79 Å². The molecule has 1 aromatic heterocycles. The number of nitrogens with one attached hydrogen (secondary N) is 2. The Morgan fingerprint density at radius 3 is 2.56 bits per heavy atom. The number of carbonyl (C=O) groups is 1. The van der Waals surface area contributed by atoms with Crippen molar-refractivity contribution < 1.29 is 9.53 Å². The van der Waals surface area contributed by atoms with Crippen molar-refractivity contribution in [2.75, 3.05) is 24.3 Å². The molecule has 1 heterocycles. The zero-order chi connectivity index (χ0) is 19.1. The van der Waals surface area contributed by atoms with Gasteiger partial charge in [0, 0.05) is 12.2 Å². The van der Waals surface area contributed by atoms with E-state index in [9.17, 15) is 4.79 Å². The largest absolute Gasteiger partial charge is 0.497 e. The number of thioether (sulfide) groups is 1. The summed E-state index contributed by atoms with van der Waals surface area (Å²) in [5, 5.41) is 14.7. The van der Waals surface area contributed by atoms with Crippen molar-refractivity contribution in [2.45, 2.75) is 16.5 Å². The van der Waals surface area contributed by atoms with Crippen molar-refractivity contribution in [1.82, 2.24) is 10.2 Å². The monoisotopic (exact) mass is 400 g/mol. The molecule has 27 heavy (non-hydrogen) atoms. The van der Waals surface area contributed by atoms with Crippen molar-refractivity contribution in [1.29, 1.82) is 0 Å². The summed E-state index contributed by atoms with van der Waals surface area (Å²) in [6.07, 6.45) is 0. The minimum Gasteiger partial charge on any atom is -0.497 e. The highest BCUT2D eigenvalue weighted by atomic mass is 32.2. The molecule has 0 fully saturated rings. The van der Waals surface area contributed by atoms with Gasteiger partial charge in [-0.2, -0.15) is 0 Å². The molecule has 1 unspecified atom stereocenters. The van der Waals surface area contributed by atoms with Crippen LogP contribution in [0.3, 0.4) is 0 Å². The number of rotatable bonds is 8. The fourth-order valence-corrected chi connectivity index (χ4v) is 4.38. The number of ether oxygens (including phenoxy) is 1. The van der Waals surface area contributed by atoms with Crippen molar-refractivity contribution in [3.05, 3.63) is 60.2 Å². The highest BCUT2D eigenvalue weighted by Gasteiger charge is 2.24. The molecule has 8 heteroatoms. The predicted octanol–water partition coefficient (Wildman–Crippen LogP) is 4.45. The molecule has 140 valence electrons. The summed E-state index contributed by atoms with van der Waals surface area (Å²) in [5.74, 6) is 0.628. The lowest BCUT2D eigenvalue weighted by Crippen LogP contribution is -2.19. The van der Waals surface area contributed by atoms with Gasteiger partial charge in [-0.1, -0.05) is 53.4 Å². The van der Waals surface area contributed by atoms with E-state index in [1.807, 2.05) is 61.5 Å². The van der Waals surface area contributed by atoms with E-state index >= 15 is 0 Å². The Kier molecular flexibility index (Phi) is 6.67. The number of benzene rings is 2. The number of carbonyl (C=O) groups excluding carboxylic acids is 1. The molecule has 0 spiro atoms. The minimum absolute atomic E-state index is 0.114. The van der Waals surface area contributed by atoms with Gasteiger partial charge in [-0.25, -0.2) is 0 Å². The van der Waals surface area contributed by atoms with Gasteiger partial charge in [0.15, 0.2) is 4.34 Å². The van der Waals surface area contributed by atoms with E-state index < -0.39 is 5.25 Å². The Bertz CT molecular complexity index is 869. The van der Waals surface area contributed by atoms with E-state index in [0.29, 0.717) is 5.69 Å². The molecule has 0 saturated carbocycles. The Morgan fingerprint density at radius 2 is 1.89 bits per heavy atom. The maximum atomic E-state index is 13.0. The third-order valence-corrected chi connectivity index (χ3v) is 5.87. The van der Waals surface area contributed by atoms with Crippen LogP contribution in [0, 0.1) is 0 Å². The first-order chi connectivity index (χ1) is 13.2. The zero-order valence-electron chi connectivity index (χ0n) is 15.0. The second-order valence-corrected chi connectivity index (χ2v) is 7.86. The van der Waals surface area contributed by atoms with Gasteiger partial charge in [0.2, 0.25) is 11.0 Å². The molecular weight excluding hydrogens is 380 g/mol. The summed E-state index contributed by atoms with van der Waals surface area (Å²) in [4.78, 5) is 13.0. The van der Waals surface area contributed by atoms with E-state index in [2.05, 4.69) is 20.8 Å². The number of hydrogen-bond acceptors (Lipinski definition) is 7. The second-order valence-electron chi connectivity index (χ2n) is 5.53. The maximum absolute atomic E-state index is 13.0. The predicted molar refractivity (Wildman–Crippen MR) is 111 cm³/mol. The smallest absolute Gasteiger partial charge is 0.242 e. The molecule has 3 aromatic rings. The van der Waals surface area contributed by atoms with Crippen LogP contribution in [-0.4, -0.2) is 29.8 Å². The molecular formula is C19H20N4O2S2. The first-order valence-electron chi connectivity index (χ1n) is 8.43. The van der Waals surface area contributed by atoms with E-state index in [0.717, 1.165) is 27.3 Å². The molecule has 0 aliphatic heterocycles. The number of nitrogens with zero attached hydrogens (tertiary/aromatic N) is 2. The van der Waals surface area contributed by atoms with Gasteiger partial charge in [0.25, 0.3) is 0 Å². The summed E-state index contributed by atoms with van der Waals surface area (Å²) in [6, 6.07) is 16.9. The first kappa shape index (κ1) is 19.2. The van der Waals surface area contributed by atoms with Crippen LogP contribution in [0.15, 0.2) is 58.9 Å². The molecule has 3 rings (SSSR count). The number of aromatic nitrogens is 2. The zero-order valence-corrected chi connectivity index (χ0v) is 16.6. The highest BCUT2D eigenvalue weighted by molar-refractivity contribution is 8.02. The van der Waals surface area contributed by atoms with Gasteiger partial charge in [0.1, 0.15) is 11.0 Å². The van der Waals surface area contributed by atoms with Crippen LogP contribution in [0.4, 0.5) is 10.8 Å². The van der Waals surface area contributed by atoms with Crippen molar-refractivity contribution in [3.8, 4) is 5.75 Å². The van der Waals surface area contributed by atoms with Gasteiger partial charge in [0.05, 0.1) is 7.11 Å². The summed E-state index contributed by atoms with van der Waals surface area (Å²) in [7, 11) is 1.61. The van der Waals surface area contributed by atoms with E-state index in [4.69, 9.17) is 4.74 Å². The van der Waals surface area contributed by atoms with Crippen LogP contribution in [0.25, 0.3) is 0 Å². The molecule has 0 aliphatic carbocycles. The van der Waals surface area contributed by atoms with E-state index in [1.54, 1.807) is 7.11 Å². The Morgan fingerprint density at radius 1 is 1.15 bits per heavy atom. The molecule has 0 aliphatic rings. The lowest BCUT2D eigenvalue weighted by molar-refractivity contribution is -0.115. The summed E-state index contributed by atoms with van der Waals surface area (Å²) < 4.78 is 5.90. The molecule has 0 saturated heterocycles. The lowest BCUT2D eigenvalue weighted by atomic mass is 10.1. The van der Waals surface area contributed by atoms with Crippen molar-refractivity contribution >= 4 is 39.8 Å². The molecule has 2 aromatic carbocycles. The van der Waals surface area contributed by atoms with Crippen molar-refractivity contribution in [2.24, 2.45) is 0 Å². The lowest BCUT2D eigenvalue weighted by Gasteiger charge is -2.15. The Balaban J connectivity index is 1.79. The van der Waals surface area contributed by atoms with Gasteiger partial charge < -0.3 is 15.4 Å². The van der Waals surface area contributed by atoms with E-state index in [-0.39, 0.29) is 5.91 Å². The van der Waals surface area contributed by atoms with Crippen LogP contribution in [0.2, 0.25) is 0 Å². The fraction of sp³-hybridized carbons (Fsp3) is 0.211. The average Bonchev–Trinajstić information content (AvgIpc) is 3.15. The maximum Gasteiger partial charge on any atom is 0.242 e. The highest BCUT2D eigenvalue weighted by Crippen LogP contribution is 2.38. The third kappa shape index (κ3) is 5.21. The number of amides is 1. The third-order valence-electron chi connectivity index (χ3n) is 3.65. The topological polar surface area (TPSA) is 76.1 Å². The average molecular weight is 401 g/mol. The normalized spacial score (nSPS) is 11.6. The SMILES string of the molecule is CCNc1nnc(SC(C(=O)Nc2ccc(OC)cc2)c2ccccc2)s1. The van der Waals surface area contributed by atoms with Crippen molar-refractivity contribution in [3.63, 3.8) is 0 Å². The minimum atomic E-state index is -0.435. The Hall–Kier alpha value is -2.58. The second kappa shape index (κ2) is 9.38. The quantitative estimate of drug-likeness (QED) is 0.544. The van der Waals surface area contributed by atoms with Gasteiger partial charge >= 0.3 is 0 Å².